The number of ether oxygens (including phenoxy) is 4. The Hall–Kier alpha value is -1.18. The summed E-state index contributed by atoms with van der Waals surface area (Å²) in [5.74, 6) is 1.44. The van der Waals surface area contributed by atoms with Crippen LogP contribution in [0.25, 0.3) is 0 Å². The van der Waals surface area contributed by atoms with E-state index in [4.69, 9.17) is 18.9 Å². The zero-order valence-electron chi connectivity index (χ0n) is 43.0. The third-order valence-electron chi connectivity index (χ3n) is 13.8. The Morgan fingerprint density at radius 1 is 0.429 bits per heavy atom. The Kier molecular flexibility index (Phi) is 43.6. The molecule has 0 aliphatic carbocycles. The summed E-state index contributed by atoms with van der Waals surface area (Å²) in [6, 6.07) is 0. The molecule has 0 bridgehead atoms. The summed E-state index contributed by atoms with van der Waals surface area (Å²) < 4.78 is 24.0. The maximum Gasteiger partial charge on any atom is 0.305 e. The first-order chi connectivity index (χ1) is 30.9. The highest BCUT2D eigenvalue weighted by Crippen LogP contribution is 2.24. The van der Waals surface area contributed by atoms with Gasteiger partial charge in [0.2, 0.25) is 0 Å². The second-order valence-corrected chi connectivity index (χ2v) is 19.9. The smallest absolute Gasteiger partial charge is 0.305 e. The van der Waals surface area contributed by atoms with Crippen molar-refractivity contribution in [3.05, 3.63) is 0 Å². The van der Waals surface area contributed by atoms with Crippen LogP contribution in [-0.2, 0) is 28.5 Å². The summed E-state index contributed by atoms with van der Waals surface area (Å²) in [7, 11) is 0. The van der Waals surface area contributed by atoms with Crippen molar-refractivity contribution in [2.45, 2.75) is 297 Å². The second-order valence-electron chi connectivity index (χ2n) is 19.9. The molecule has 0 aromatic rings. The van der Waals surface area contributed by atoms with E-state index in [2.05, 4.69) is 39.5 Å². The summed E-state index contributed by atoms with van der Waals surface area (Å²) >= 11 is 0. The predicted octanol–water partition coefficient (Wildman–Crippen LogP) is 16.7. The molecule has 1 aliphatic heterocycles. The van der Waals surface area contributed by atoms with Crippen molar-refractivity contribution in [1.82, 2.24) is 4.90 Å². The van der Waals surface area contributed by atoms with Gasteiger partial charge < -0.3 is 23.8 Å². The molecule has 0 amide bonds. The minimum Gasteiger partial charge on any atom is -0.466 e. The van der Waals surface area contributed by atoms with Gasteiger partial charge in [0.05, 0.1) is 25.9 Å². The van der Waals surface area contributed by atoms with Crippen LogP contribution < -0.4 is 0 Å². The summed E-state index contributed by atoms with van der Waals surface area (Å²) in [5.41, 5.74) is 0. The summed E-state index contributed by atoms with van der Waals surface area (Å²) in [6.45, 7) is 16.8. The van der Waals surface area contributed by atoms with Gasteiger partial charge in [-0.15, -0.1) is 0 Å². The highest BCUT2D eigenvalue weighted by Gasteiger charge is 2.16. The number of unbranched alkanes of at least 4 members (excludes halogenated alkanes) is 20. The maximum atomic E-state index is 12.4. The van der Waals surface area contributed by atoms with Gasteiger partial charge in [-0.05, 0) is 89.6 Å². The van der Waals surface area contributed by atoms with E-state index in [1.165, 1.54) is 193 Å². The van der Waals surface area contributed by atoms with E-state index in [1.807, 2.05) is 0 Å². The Morgan fingerprint density at radius 3 is 1.19 bits per heavy atom. The maximum absolute atomic E-state index is 12.4. The fourth-order valence-electron chi connectivity index (χ4n) is 9.61. The Balaban J connectivity index is 2.25. The normalized spacial score (nSPS) is 13.8. The first-order valence-electron chi connectivity index (χ1n) is 28.2. The molecular formula is C56H109NO6. The van der Waals surface area contributed by atoms with Crippen LogP contribution in [0.15, 0.2) is 0 Å². The van der Waals surface area contributed by atoms with Crippen LogP contribution in [0.3, 0.4) is 0 Å². The Labute approximate surface area is 392 Å². The highest BCUT2D eigenvalue weighted by atomic mass is 16.7. The van der Waals surface area contributed by atoms with Gasteiger partial charge in [-0.3, -0.25) is 9.59 Å². The van der Waals surface area contributed by atoms with Gasteiger partial charge in [0, 0.05) is 19.4 Å². The van der Waals surface area contributed by atoms with Crippen molar-refractivity contribution < 1.29 is 28.5 Å². The zero-order chi connectivity index (χ0) is 45.7. The second kappa shape index (κ2) is 46.0. The van der Waals surface area contributed by atoms with Gasteiger partial charge in [0.25, 0.3) is 0 Å². The van der Waals surface area contributed by atoms with Crippen LogP contribution in [0, 0.1) is 11.8 Å². The van der Waals surface area contributed by atoms with Crippen molar-refractivity contribution in [1.29, 1.82) is 0 Å². The van der Waals surface area contributed by atoms with E-state index in [-0.39, 0.29) is 24.3 Å². The predicted molar refractivity (Wildman–Crippen MR) is 268 cm³/mol. The summed E-state index contributed by atoms with van der Waals surface area (Å²) in [6.07, 6.45) is 46.5. The fraction of sp³-hybridized carbons (Fsp3) is 0.964. The van der Waals surface area contributed by atoms with Crippen LogP contribution in [0.1, 0.15) is 285 Å². The third-order valence-corrected chi connectivity index (χ3v) is 13.8. The third kappa shape index (κ3) is 39.7. The first-order valence-corrected chi connectivity index (χ1v) is 28.2. The number of carbonyl (C=O) groups excluding carboxylic acids is 2. The van der Waals surface area contributed by atoms with Crippen molar-refractivity contribution in [2.24, 2.45) is 11.8 Å². The lowest BCUT2D eigenvalue weighted by molar-refractivity contribution is -0.164. The molecule has 1 heterocycles. The Bertz CT molecular complexity index is 892. The molecule has 1 atom stereocenters. The van der Waals surface area contributed by atoms with Gasteiger partial charge in [-0.25, -0.2) is 0 Å². The van der Waals surface area contributed by atoms with Crippen LogP contribution in [0.5, 0.6) is 0 Å². The number of hydrogen-bond donors (Lipinski definition) is 0. The molecule has 7 heteroatoms. The summed E-state index contributed by atoms with van der Waals surface area (Å²) in [4.78, 5) is 27.4. The molecule has 0 radical (unpaired) electrons. The van der Waals surface area contributed by atoms with E-state index >= 15 is 0 Å². The molecule has 0 spiro atoms. The van der Waals surface area contributed by atoms with E-state index in [9.17, 15) is 9.59 Å². The summed E-state index contributed by atoms with van der Waals surface area (Å²) in [5, 5.41) is 0. The zero-order valence-corrected chi connectivity index (χ0v) is 43.0. The molecule has 63 heavy (non-hydrogen) atoms. The number of esters is 2. The number of carbonyl (C=O) groups is 2. The van der Waals surface area contributed by atoms with Gasteiger partial charge in [-0.1, -0.05) is 207 Å². The molecule has 0 N–H and O–H groups in total. The van der Waals surface area contributed by atoms with E-state index in [0.29, 0.717) is 37.9 Å². The molecule has 1 unspecified atom stereocenters. The molecule has 1 rings (SSSR count). The van der Waals surface area contributed by atoms with Crippen molar-refractivity contribution >= 4 is 11.9 Å². The van der Waals surface area contributed by atoms with Gasteiger partial charge in [0.15, 0.2) is 6.29 Å². The molecular weight excluding hydrogens is 783 g/mol. The Morgan fingerprint density at radius 2 is 0.794 bits per heavy atom. The average Bonchev–Trinajstić information content (AvgIpc) is 3.80. The van der Waals surface area contributed by atoms with E-state index < -0.39 is 0 Å². The first kappa shape index (κ1) is 59.8. The van der Waals surface area contributed by atoms with Crippen LogP contribution in [-0.4, -0.2) is 68.7 Å². The SMILES string of the molecule is CCCCCC(CCCCC)CCOC(=O)CCCCCCCCCC(CCCCCCCCCC(=O)OCCC(CCCCC)CCCCC)OC(C)OCCCN1CCCC1. The average molecular weight is 892 g/mol. The van der Waals surface area contributed by atoms with E-state index in [1.54, 1.807) is 0 Å². The molecule has 0 aromatic carbocycles. The minimum absolute atomic E-state index is 0.00497. The number of nitrogens with zero attached hydrogens (tertiary/aromatic N) is 1. The molecule has 7 nitrogen and oxygen atoms in total. The lowest BCUT2D eigenvalue weighted by atomic mass is 9.92. The lowest BCUT2D eigenvalue weighted by Gasteiger charge is -2.23. The van der Waals surface area contributed by atoms with Gasteiger partial charge >= 0.3 is 11.9 Å². The highest BCUT2D eigenvalue weighted by molar-refractivity contribution is 5.69. The largest absolute Gasteiger partial charge is 0.466 e. The van der Waals surface area contributed by atoms with Crippen LogP contribution in [0.2, 0.25) is 0 Å². The number of likely N-dealkylation sites (tertiary alicyclic amines) is 1. The van der Waals surface area contributed by atoms with Crippen molar-refractivity contribution in [2.75, 3.05) is 39.5 Å². The fourth-order valence-corrected chi connectivity index (χ4v) is 9.61. The standard InChI is InChI=1S/C56H109NO6/c1-6-10-24-35-52(36-25-11-7-2)43-49-61-55(58)41-30-22-18-14-16-20-28-39-54(63-51(5)60-48-34-47-57-45-32-33-46-57)40-29-21-17-15-19-23-31-42-56(59)62-50-44-53(37-26-12-8-3)38-27-13-9-4/h51-54H,6-50H2,1-5H3. The molecule has 1 fully saturated rings. The minimum atomic E-state index is -0.150. The molecule has 0 aromatic heterocycles. The monoisotopic (exact) mass is 892 g/mol. The number of rotatable bonds is 49. The van der Waals surface area contributed by atoms with Crippen LogP contribution in [0.4, 0.5) is 0 Å². The van der Waals surface area contributed by atoms with Crippen LogP contribution >= 0.6 is 0 Å². The molecule has 1 saturated heterocycles. The number of hydrogen-bond acceptors (Lipinski definition) is 7. The van der Waals surface area contributed by atoms with E-state index in [0.717, 1.165) is 70.9 Å². The molecule has 1 aliphatic rings. The van der Waals surface area contributed by atoms with Gasteiger partial charge in [-0.2, -0.15) is 0 Å². The quantitative estimate of drug-likeness (QED) is 0.0342. The lowest BCUT2D eigenvalue weighted by Crippen LogP contribution is -2.25. The molecule has 374 valence electrons. The van der Waals surface area contributed by atoms with Gasteiger partial charge in [0.1, 0.15) is 0 Å². The van der Waals surface area contributed by atoms with Crippen molar-refractivity contribution in [3.63, 3.8) is 0 Å². The molecule has 0 saturated carbocycles. The van der Waals surface area contributed by atoms with Crippen molar-refractivity contribution in [3.8, 4) is 0 Å². The topological polar surface area (TPSA) is 74.3 Å².